The van der Waals surface area contributed by atoms with Gasteiger partial charge in [0.1, 0.15) is 0 Å². The molecule has 3 rings (SSSR count). The first-order chi connectivity index (χ1) is 9.22. The third-order valence-corrected chi connectivity index (χ3v) is 3.71. The molecule has 3 N–H and O–H groups in total. The first kappa shape index (κ1) is 12.0. The van der Waals surface area contributed by atoms with Gasteiger partial charge in [-0.1, -0.05) is 18.2 Å². The molecule has 0 bridgehead atoms. The Bertz CT molecular complexity index is 515. The molecule has 2 aliphatic heterocycles. The molecule has 0 aliphatic carbocycles. The van der Waals surface area contributed by atoms with Gasteiger partial charge >= 0.3 is 0 Å². The van der Waals surface area contributed by atoms with E-state index in [-0.39, 0.29) is 23.8 Å². The maximum atomic E-state index is 12.0. The molecule has 1 aromatic rings. The highest BCUT2D eigenvalue weighted by atomic mass is 16.2. The van der Waals surface area contributed by atoms with E-state index in [2.05, 4.69) is 22.0 Å². The lowest BCUT2D eigenvalue weighted by molar-refractivity contribution is -0.122. The number of carbonyl (C=O) groups excluding carboxylic acids is 2. The van der Waals surface area contributed by atoms with E-state index in [0.717, 1.165) is 12.2 Å². The number of para-hydroxylation sites is 1. The van der Waals surface area contributed by atoms with Gasteiger partial charge < -0.3 is 16.0 Å². The molecule has 2 unspecified atom stereocenters. The van der Waals surface area contributed by atoms with Crippen molar-refractivity contribution in [1.82, 2.24) is 10.6 Å². The zero-order chi connectivity index (χ0) is 13.2. The van der Waals surface area contributed by atoms with E-state index in [9.17, 15) is 9.59 Å². The predicted molar refractivity (Wildman–Crippen MR) is 71.8 cm³/mol. The van der Waals surface area contributed by atoms with Crippen LogP contribution in [-0.4, -0.2) is 30.9 Å². The standard InChI is InChI=1S/C14H17N3O2/c18-13-6-10(8-16-13)17-14(19)5-9-7-15-12-4-2-1-3-11(9)12/h1-4,9-10,15H,5-8H2,(H,16,18)(H,17,19). The summed E-state index contributed by atoms with van der Waals surface area (Å²) >= 11 is 0. The Balaban J connectivity index is 1.57. The summed E-state index contributed by atoms with van der Waals surface area (Å²) in [4.78, 5) is 23.1. The highest BCUT2D eigenvalue weighted by Crippen LogP contribution is 2.33. The second kappa shape index (κ2) is 4.91. The smallest absolute Gasteiger partial charge is 0.222 e. The van der Waals surface area contributed by atoms with Crippen molar-refractivity contribution >= 4 is 17.5 Å². The molecule has 1 aromatic carbocycles. The molecule has 2 amide bonds. The lowest BCUT2D eigenvalue weighted by Crippen LogP contribution is -2.37. The van der Waals surface area contributed by atoms with Crippen molar-refractivity contribution in [3.63, 3.8) is 0 Å². The van der Waals surface area contributed by atoms with Crippen LogP contribution >= 0.6 is 0 Å². The molecule has 1 saturated heterocycles. The molecule has 0 radical (unpaired) electrons. The van der Waals surface area contributed by atoms with Crippen LogP contribution in [0.25, 0.3) is 0 Å². The number of hydrogen-bond acceptors (Lipinski definition) is 3. The van der Waals surface area contributed by atoms with Gasteiger partial charge in [0.15, 0.2) is 0 Å². The fourth-order valence-corrected chi connectivity index (χ4v) is 2.76. The molecule has 2 aliphatic rings. The minimum absolute atomic E-state index is 0.0122. The van der Waals surface area contributed by atoms with Gasteiger partial charge in [0, 0.05) is 37.5 Å². The molecule has 1 fully saturated rings. The normalized spacial score (nSPS) is 24.5. The van der Waals surface area contributed by atoms with E-state index in [1.54, 1.807) is 0 Å². The van der Waals surface area contributed by atoms with Gasteiger partial charge in [0.2, 0.25) is 11.8 Å². The minimum atomic E-state index is -0.0513. The summed E-state index contributed by atoms with van der Waals surface area (Å²) in [5.41, 5.74) is 2.33. The molecule has 2 heterocycles. The number of carbonyl (C=O) groups is 2. The third kappa shape index (κ3) is 2.54. The number of fused-ring (bicyclic) bond motifs is 1. The van der Waals surface area contributed by atoms with E-state index in [1.165, 1.54) is 5.56 Å². The van der Waals surface area contributed by atoms with Crippen molar-refractivity contribution in [2.75, 3.05) is 18.4 Å². The van der Waals surface area contributed by atoms with E-state index < -0.39 is 0 Å². The Morgan fingerprint density at radius 2 is 2.11 bits per heavy atom. The monoisotopic (exact) mass is 259 g/mol. The molecule has 2 atom stereocenters. The zero-order valence-electron chi connectivity index (χ0n) is 10.6. The number of benzene rings is 1. The van der Waals surface area contributed by atoms with Crippen LogP contribution in [0.5, 0.6) is 0 Å². The van der Waals surface area contributed by atoms with Crippen molar-refractivity contribution in [1.29, 1.82) is 0 Å². The summed E-state index contributed by atoms with van der Waals surface area (Å²) in [6.45, 7) is 1.35. The molecule has 100 valence electrons. The number of rotatable bonds is 3. The zero-order valence-corrected chi connectivity index (χ0v) is 10.6. The number of anilines is 1. The SMILES string of the molecule is O=C1CC(NC(=O)CC2CNc3ccccc32)CN1. The van der Waals surface area contributed by atoms with E-state index in [0.29, 0.717) is 19.4 Å². The Labute approximate surface area is 111 Å². The first-order valence-electron chi connectivity index (χ1n) is 6.61. The third-order valence-electron chi connectivity index (χ3n) is 3.71. The van der Waals surface area contributed by atoms with Crippen molar-refractivity contribution in [2.24, 2.45) is 0 Å². The van der Waals surface area contributed by atoms with Gasteiger partial charge in [0.25, 0.3) is 0 Å². The Kier molecular flexibility index (Phi) is 3.11. The maximum absolute atomic E-state index is 12.0. The topological polar surface area (TPSA) is 70.2 Å². The van der Waals surface area contributed by atoms with Crippen LogP contribution in [0.3, 0.4) is 0 Å². The van der Waals surface area contributed by atoms with Crippen molar-refractivity contribution < 1.29 is 9.59 Å². The van der Waals surface area contributed by atoms with E-state index in [1.807, 2.05) is 18.2 Å². The number of hydrogen-bond donors (Lipinski definition) is 3. The summed E-state index contributed by atoms with van der Waals surface area (Å²) in [5, 5.41) is 8.94. The lowest BCUT2D eigenvalue weighted by atomic mass is 9.97. The highest BCUT2D eigenvalue weighted by molar-refractivity contribution is 5.82. The number of nitrogens with one attached hydrogen (secondary N) is 3. The van der Waals surface area contributed by atoms with Crippen LogP contribution in [0.15, 0.2) is 24.3 Å². The molecular weight excluding hydrogens is 242 g/mol. The van der Waals surface area contributed by atoms with Gasteiger partial charge in [-0.3, -0.25) is 9.59 Å². The Morgan fingerprint density at radius 1 is 1.26 bits per heavy atom. The Morgan fingerprint density at radius 3 is 2.89 bits per heavy atom. The summed E-state index contributed by atoms with van der Waals surface area (Å²) < 4.78 is 0. The highest BCUT2D eigenvalue weighted by Gasteiger charge is 2.27. The summed E-state index contributed by atoms with van der Waals surface area (Å²) in [5.74, 6) is 0.254. The number of amides is 2. The second-order valence-corrected chi connectivity index (χ2v) is 5.14. The van der Waals surface area contributed by atoms with Crippen LogP contribution in [0.1, 0.15) is 24.3 Å². The predicted octanol–water partition coefficient (Wildman–Crippen LogP) is 0.590. The van der Waals surface area contributed by atoms with Gasteiger partial charge in [-0.2, -0.15) is 0 Å². The average Bonchev–Trinajstić information content (AvgIpc) is 2.97. The maximum Gasteiger partial charge on any atom is 0.222 e. The first-order valence-corrected chi connectivity index (χ1v) is 6.61. The van der Waals surface area contributed by atoms with Crippen molar-refractivity contribution in [2.45, 2.75) is 24.8 Å². The van der Waals surface area contributed by atoms with Crippen LogP contribution in [-0.2, 0) is 9.59 Å². The van der Waals surface area contributed by atoms with Gasteiger partial charge in [-0.25, -0.2) is 0 Å². The largest absolute Gasteiger partial charge is 0.384 e. The van der Waals surface area contributed by atoms with Crippen molar-refractivity contribution in [3.05, 3.63) is 29.8 Å². The lowest BCUT2D eigenvalue weighted by Gasteiger charge is -2.13. The van der Waals surface area contributed by atoms with Crippen LogP contribution in [0, 0.1) is 0 Å². The molecule has 0 saturated carbocycles. The van der Waals surface area contributed by atoms with Crippen molar-refractivity contribution in [3.8, 4) is 0 Å². The molecular formula is C14H17N3O2. The van der Waals surface area contributed by atoms with Gasteiger partial charge in [0.05, 0.1) is 6.04 Å². The molecule has 19 heavy (non-hydrogen) atoms. The quantitative estimate of drug-likeness (QED) is 0.744. The van der Waals surface area contributed by atoms with Crippen LogP contribution < -0.4 is 16.0 Å². The molecule has 5 nitrogen and oxygen atoms in total. The Hall–Kier alpha value is -2.04. The second-order valence-electron chi connectivity index (χ2n) is 5.14. The fourth-order valence-electron chi connectivity index (χ4n) is 2.76. The summed E-state index contributed by atoms with van der Waals surface area (Å²) in [6.07, 6.45) is 0.861. The van der Waals surface area contributed by atoms with Gasteiger partial charge in [-0.05, 0) is 11.6 Å². The van der Waals surface area contributed by atoms with E-state index in [4.69, 9.17) is 0 Å². The molecule has 0 spiro atoms. The fraction of sp³-hybridized carbons (Fsp3) is 0.429. The molecule has 5 heteroatoms. The summed E-state index contributed by atoms with van der Waals surface area (Å²) in [7, 11) is 0. The minimum Gasteiger partial charge on any atom is -0.384 e. The van der Waals surface area contributed by atoms with Gasteiger partial charge in [-0.15, -0.1) is 0 Å². The summed E-state index contributed by atoms with van der Waals surface area (Å²) in [6, 6.07) is 8.03. The van der Waals surface area contributed by atoms with E-state index >= 15 is 0 Å². The van der Waals surface area contributed by atoms with Crippen LogP contribution in [0.4, 0.5) is 5.69 Å². The van der Waals surface area contributed by atoms with Crippen LogP contribution in [0.2, 0.25) is 0 Å². The average molecular weight is 259 g/mol. The molecule has 0 aromatic heterocycles.